The molecule has 1 spiro atoms. The van der Waals surface area contributed by atoms with Gasteiger partial charge >= 0.3 is 12.4 Å². The molecule has 6 nitrogen and oxygen atoms in total. The Balaban J connectivity index is 1.55. The van der Waals surface area contributed by atoms with E-state index in [-0.39, 0.29) is 27.4 Å². The van der Waals surface area contributed by atoms with E-state index in [9.17, 15) is 40.7 Å². The summed E-state index contributed by atoms with van der Waals surface area (Å²) in [6, 6.07) is 2.75. The number of halogens is 8. The maximum absolute atomic E-state index is 13.9. The van der Waals surface area contributed by atoms with Gasteiger partial charge in [-0.25, -0.2) is 4.90 Å². The van der Waals surface area contributed by atoms with Crippen molar-refractivity contribution in [3.63, 3.8) is 0 Å². The summed E-state index contributed by atoms with van der Waals surface area (Å²) in [5.41, 5.74) is -5.53. The van der Waals surface area contributed by atoms with Crippen LogP contribution in [0.3, 0.4) is 0 Å². The molecule has 3 saturated heterocycles. The molecular weight excluding hydrogens is 563 g/mol. The third kappa shape index (κ3) is 3.23. The van der Waals surface area contributed by atoms with E-state index in [2.05, 4.69) is 5.32 Å². The molecule has 0 saturated carbocycles. The van der Waals surface area contributed by atoms with Crippen LogP contribution < -0.4 is 10.2 Å². The number of rotatable bonds is 1. The van der Waals surface area contributed by atoms with Crippen LogP contribution in [0, 0.1) is 11.8 Å². The van der Waals surface area contributed by atoms with E-state index in [1.165, 1.54) is 12.1 Å². The summed E-state index contributed by atoms with van der Waals surface area (Å²) in [6.07, 6.45) is -9.42. The third-order valence-corrected chi connectivity index (χ3v) is 8.37. The second-order valence-corrected chi connectivity index (χ2v) is 10.6. The molecule has 0 radical (unpaired) electrons. The summed E-state index contributed by atoms with van der Waals surface area (Å²) >= 11 is 12.5. The number of imide groups is 1. The van der Waals surface area contributed by atoms with Crippen LogP contribution >= 0.6 is 23.2 Å². The highest BCUT2D eigenvalue weighted by atomic mass is 35.5. The van der Waals surface area contributed by atoms with Crippen LogP contribution in [0.2, 0.25) is 10.0 Å². The molecule has 38 heavy (non-hydrogen) atoms. The Labute approximate surface area is 220 Å². The molecule has 4 heterocycles. The molecule has 0 aliphatic carbocycles. The summed E-state index contributed by atoms with van der Waals surface area (Å²) < 4.78 is 81.1. The lowest BCUT2D eigenvalue weighted by atomic mass is 9.75. The van der Waals surface area contributed by atoms with Gasteiger partial charge in [0.15, 0.2) is 0 Å². The third-order valence-electron chi connectivity index (χ3n) is 7.85. The predicted octanol–water partition coefficient (Wildman–Crippen LogP) is 5.46. The van der Waals surface area contributed by atoms with Gasteiger partial charge in [0.25, 0.3) is 5.91 Å². The highest BCUT2D eigenvalue weighted by Crippen LogP contribution is 2.62. The first-order valence-electron chi connectivity index (χ1n) is 11.4. The number of carbonyl (C=O) groups excluding carboxylic acids is 3. The van der Waals surface area contributed by atoms with Crippen LogP contribution in [0.1, 0.15) is 29.5 Å². The molecule has 3 unspecified atom stereocenters. The Hall–Kier alpha value is -2.83. The van der Waals surface area contributed by atoms with E-state index in [0.29, 0.717) is 36.4 Å². The lowest BCUT2D eigenvalue weighted by Crippen LogP contribution is -2.54. The summed E-state index contributed by atoms with van der Waals surface area (Å²) in [6.45, 7) is 0.330. The lowest BCUT2D eigenvalue weighted by Gasteiger charge is -2.36. The Morgan fingerprint density at radius 2 is 1.53 bits per heavy atom. The SMILES string of the molecule is O=C1C2C3CCCN3C3(C(=O)Nc4c(Cl)cc(Cl)cc43)[C@@H]2C(=O)N1c1cc(C(F)(F)F)cc(C(F)(F)F)c1. The Morgan fingerprint density at radius 3 is 2.13 bits per heavy atom. The van der Waals surface area contributed by atoms with Crippen LogP contribution in [0.15, 0.2) is 30.3 Å². The van der Waals surface area contributed by atoms with Crippen molar-refractivity contribution in [1.29, 1.82) is 0 Å². The number of fused-ring (bicyclic) bond motifs is 7. The van der Waals surface area contributed by atoms with Crippen molar-refractivity contribution in [1.82, 2.24) is 4.90 Å². The summed E-state index contributed by atoms with van der Waals surface area (Å²) in [5, 5.41) is 2.87. The first-order valence-corrected chi connectivity index (χ1v) is 12.2. The Bertz CT molecular complexity index is 1410. The molecule has 3 amide bonds. The fourth-order valence-electron chi connectivity index (χ4n) is 6.55. The standard InChI is InChI=1S/C24H15Cl2F6N3O3/c25-11-7-13-18(14(26)8-11)33-21(38)22(13)17-16(15-2-1-3-34(15)22)19(36)35(20(17)37)12-5-9(23(27,28)29)4-10(6-12)24(30,31)32/h4-8,15-17H,1-3H2,(H,33,38)/t15?,16?,17-,22?/m0/s1. The molecule has 0 aromatic heterocycles. The van der Waals surface area contributed by atoms with Crippen LogP contribution in [0.4, 0.5) is 37.7 Å². The van der Waals surface area contributed by atoms with Gasteiger partial charge in [-0.2, -0.15) is 26.3 Å². The van der Waals surface area contributed by atoms with Crippen molar-refractivity contribution in [3.05, 3.63) is 57.1 Å². The molecule has 0 bridgehead atoms. The predicted molar refractivity (Wildman–Crippen MR) is 122 cm³/mol. The average Bonchev–Trinajstić information content (AvgIpc) is 3.51. The second kappa shape index (κ2) is 7.86. The zero-order valence-electron chi connectivity index (χ0n) is 18.9. The number of benzene rings is 2. The van der Waals surface area contributed by atoms with Gasteiger partial charge in [0.05, 0.1) is 39.4 Å². The van der Waals surface area contributed by atoms with Crippen molar-refractivity contribution in [2.24, 2.45) is 11.8 Å². The van der Waals surface area contributed by atoms with Gasteiger partial charge < -0.3 is 5.32 Å². The van der Waals surface area contributed by atoms with Crippen molar-refractivity contribution >= 4 is 52.3 Å². The summed E-state index contributed by atoms with van der Waals surface area (Å²) in [5.74, 6) is -5.29. The molecule has 200 valence electrons. The van der Waals surface area contributed by atoms with Crippen LogP contribution in [0.5, 0.6) is 0 Å². The number of amides is 3. The van der Waals surface area contributed by atoms with Crippen molar-refractivity contribution in [3.8, 4) is 0 Å². The quantitative estimate of drug-likeness (QED) is 0.361. The number of carbonyl (C=O) groups is 3. The molecule has 6 rings (SSSR count). The average molecular weight is 578 g/mol. The number of hydrogen-bond acceptors (Lipinski definition) is 4. The minimum Gasteiger partial charge on any atom is -0.323 e. The van der Waals surface area contributed by atoms with Gasteiger partial charge in [0, 0.05) is 16.6 Å². The molecule has 1 N–H and O–H groups in total. The number of nitrogens with one attached hydrogen (secondary N) is 1. The number of nitrogens with zero attached hydrogens (tertiary/aromatic N) is 2. The van der Waals surface area contributed by atoms with Crippen LogP contribution in [0.25, 0.3) is 0 Å². The molecule has 4 aliphatic rings. The lowest BCUT2D eigenvalue weighted by molar-refractivity contribution is -0.143. The number of anilines is 2. The van der Waals surface area contributed by atoms with E-state index in [4.69, 9.17) is 23.2 Å². The van der Waals surface area contributed by atoms with Gasteiger partial charge in [0.2, 0.25) is 11.8 Å². The van der Waals surface area contributed by atoms with Gasteiger partial charge in [0.1, 0.15) is 5.54 Å². The monoisotopic (exact) mass is 577 g/mol. The Morgan fingerprint density at radius 1 is 0.895 bits per heavy atom. The zero-order chi connectivity index (χ0) is 27.5. The van der Waals surface area contributed by atoms with Crippen LogP contribution in [-0.4, -0.2) is 35.2 Å². The number of alkyl halides is 6. The maximum atomic E-state index is 13.9. The van der Waals surface area contributed by atoms with Gasteiger partial charge in [-0.15, -0.1) is 0 Å². The van der Waals surface area contributed by atoms with Gasteiger partial charge in [-0.05, 0) is 49.7 Å². The molecule has 14 heteroatoms. The largest absolute Gasteiger partial charge is 0.416 e. The minimum atomic E-state index is -5.18. The fourth-order valence-corrected chi connectivity index (χ4v) is 7.09. The highest BCUT2D eigenvalue weighted by Gasteiger charge is 2.75. The van der Waals surface area contributed by atoms with Crippen LogP contribution in [-0.2, 0) is 32.3 Å². The summed E-state index contributed by atoms with van der Waals surface area (Å²) in [7, 11) is 0. The minimum absolute atomic E-state index is 0.0817. The van der Waals surface area contributed by atoms with E-state index in [1.54, 1.807) is 4.90 Å². The molecule has 2 aromatic rings. The second-order valence-electron chi connectivity index (χ2n) is 9.71. The van der Waals surface area contributed by atoms with Gasteiger partial charge in [-0.3, -0.25) is 19.3 Å². The molecule has 2 aromatic carbocycles. The van der Waals surface area contributed by atoms with Crippen molar-refractivity contribution in [2.45, 2.75) is 36.8 Å². The van der Waals surface area contributed by atoms with E-state index >= 15 is 0 Å². The van der Waals surface area contributed by atoms with E-state index in [0.717, 1.165) is 0 Å². The fraction of sp³-hybridized carbons (Fsp3) is 0.375. The van der Waals surface area contributed by atoms with E-state index < -0.39 is 70.3 Å². The topological polar surface area (TPSA) is 69.7 Å². The summed E-state index contributed by atoms with van der Waals surface area (Å²) in [4.78, 5) is 43.3. The molecule has 4 aliphatic heterocycles. The molecular formula is C24H15Cl2F6N3O3. The first kappa shape index (κ1) is 25.4. The number of hydrogen-bond donors (Lipinski definition) is 1. The van der Waals surface area contributed by atoms with Crippen molar-refractivity contribution in [2.75, 3.05) is 16.8 Å². The Kier molecular flexibility index (Phi) is 5.26. The van der Waals surface area contributed by atoms with Gasteiger partial charge in [-0.1, -0.05) is 23.2 Å². The highest BCUT2D eigenvalue weighted by molar-refractivity contribution is 6.38. The maximum Gasteiger partial charge on any atom is 0.416 e. The smallest absolute Gasteiger partial charge is 0.323 e. The zero-order valence-corrected chi connectivity index (χ0v) is 20.4. The van der Waals surface area contributed by atoms with Crippen molar-refractivity contribution < 1.29 is 40.7 Å². The molecule has 3 fully saturated rings. The normalized spacial score (nSPS) is 28.8. The molecule has 4 atom stereocenters. The van der Waals surface area contributed by atoms with E-state index in [1.807, 2.05) is 0 Å². The first-order chi connectivity index (χ1) is 17.7.